The van der Waals surface area contributed by atoms with Crippen molar-refractivity contribution < 1.29 is 0 Å². The summed E-state index contributed by atoms with van der Waals surface area (Å²) in [5, 5.41) is 0. The van der Waals surface area contributed by atoms with Gasteiger partial charge in [0.2, 0.25) is 0 Å². The summed E-state index contributed by atoms with van der Waals surface area (Å²) in [5.74, 6) is 2.46. The number of hydrogen-bond acceptors (Lipinski definition) is 1. The molecule has 0 atom stereocenters. The molecule has 1 rings (SSSR count). The Morgan fingerprint density at radius 2 is 2.56 bits per heavy atom. The third kappa shape index (κ3) is 2.27. The van der Waals surface area contributed by atoms with E-state index in [1.807, 2.05) is 11.8 Å². The topological polar surface area (TPSA) is 0 Å². The lowest BCUT2D eigenvalue weighted by atomic mass is 10.3. The highest BCUT2D eigenvalue weighted by atomic mass is 32.2. The summed E-state index contributed by atoms with van der Waals surface area (Å²) in [7, 11) is 0. The van der Waals surface area contributed by atoms with Gasteiger partial charge in [-0.25, -0.2) is 0 Å². The van der Waals surface area contributed by atoms with Gasteiger partial charge in [0, 0.05) is 5.75 Å². The van der Waals surface area contributed by atoms with Crippen LogP contribution in [0.3, 0.4) is 0 Å². The summed E-state index contributed by atoms with van der Waals surface area (Å²) in [6, 6.07) is 0. The molecule has 1 aliphatic carbocycles. The van der Waals surface area contributed by atoms with Crippen LogP contribution in [0, 0.1) is 0 Å². The molecule has 0 aromatic carbocycles. The molecule has 0 nitrogen and oxygen atoms in total. The van der Waals surface area contributed by atoms with Crippen LogP contribution in [0.5, 0.6) is 0 Å². The fourth-order valence-electron chi connectivity index (χ4n) is 0.832. The molecule has 0 spiro atoms. The van der Waals surface area contributed by atoms with E-state index < -0.39 is 0 Å². The first-order valence-electron chi connectivity index (χ1n) is 3.36. The van der Waals surface area contributed by atoms with Gasteiger partial charge in [0.15, 0.2) is 0 Å². The normalized spacial score (nSPS) is 16.3. The Morgan fingerprint density at radius 3 is 3.11 bits per heavy atom. The van der Waals surface area contributed by atoms with Gasteiger partial charge in [0.1, 0.15) is 0 Å². The Hall–Kier alpha value is -0.170. The molecule has 0 bridgehead atoms. The molecule has 0 N–H and O–H groups in total. The van der Waals surface area contributed by atoms with Crippen molar-refractivity contribution in [1.29, 1.82) is 0 Å². The summed E-state index contributed by atoms with van der Waals surface area (Å²) in [6.07, 6.45) is 7.77. The molecule has 1 heteroatoms. The zero-order valence-corrected chi connectivity index (χ0v) is 6.58. The summed E-state index contributed by atoms with van der Waals surface area (Å²) in [5.41, 5.74) is 1.57. The minimum atomic E-state index is 1.19. The van der Waals surface area contributed by atoms with Gasteiger partial charge in [-0.15, -0.1) is 0 Å². The maximum atomic E-state index is 2.22. The highest BCUT2D eigenvalue weighted by molar-refractivity contribution is 7.99. The van der Waals surface area contributed by atoms with Crippen LogP contribution < -0.4 is 0 Å². The molecular weight excluding hydrogens is 128 g/mol. The van der Waals surface area contributed by atoms with Crippen LogP contribution in [0.25, 0.3) is 0 Å². The molecule has 0 heterocycles. The zero-order valence-electron chi connectivity index (χ0n) is 5.76. The Bertz CT molecular complexity index is 134. The first kappa shape index (κ1) is 6.94. The first-order valence-corrected chi connectivity index (χ1v) is 4.51. The van der Waals surface area contributed by atoms with E-state index in [1.165, 1.54) is 17.9 Å². The molecule has 0 amide bonds. The van der Waals surface area contributed by atoms with Crippen molar-refractivity contribution >= 4 is 11.8 Å². The van der Waals surface area contributed by atoms with Crippen LogP contribution >= 0.6 is 11.8 Å². The lowest BCUT2D eigenvalue weighted by Gasteiger charge is -1.96. The van der Waals surface area contributed by atoms with Crippen LogP contribution in [0.1, 0.15) is 13.3 Å². The average molecular weight is 140 g/mol. The van der Waals surface area contributed by atoms with Crippen molar-refractivity contribution in [3.63, 3.8) is 0 Å². The van der Waals surface area contributed by atoms with Gasteiger partial charge < -0.3 is 0 Å². The second-order valence-corrected chi connectivity index (χ2v) is 3.37. The monoisotopic (exact) mass is 140 g/mol. The Kier molecular flexibility index (Phi) is 2.92. The van der Waals surface area contributed by atoms with Crippen LogP contribution in [-0.4, -0.2) is 11.5 Å². The number of thioether (sulfide) groups is 1. The fourth-order valence-corrected chi connectivity index (χ4v) is 1.51. The third-order valence-electron chi connectivity index (χ3n) is 1.34. The molecule has 0 fully saturated rings. The maximum Gasteiger partial charge on any atom is 0.0149 e. The van der Waals surface area contributed by atoms with E-state index in [0.717, 1.165) is 0 Å². The van der Waals surface area contributed by atoms with Crippen LogP contribution in [0.2, 0.25) is 0 Å². The largest absolute Gasteiger partial charge is 0.158 e. The Labute approximate surface area is 61.0 Å². The highest BCUT2D eigenvalue weighted by Gasteiger charge is 1.96. The number of rotatable bonds is 3. The van der Waals surface area contributed by atoms with E-state index in [2.05, 4.69) is 25.2 Å². The zero-order chi connectivity index (χ0) is 6.53. The fraction of sp³-hybridized carbons (Fsp3) is 0.500. The van der Waals surface area contributed by atoms with Gasteiger partial charge in [-0.2, -0.15) is 11.8 Å². The second-order valence-electron chi connectivity index (χ2n) is 2.09. The molecule has 50 valence electrons. The minimum absolute atomic E-state index is 1.19. The van der Waals surface area contributed by atoms with Gasteiger partial charge in [0.25, 0.3) is 0 Å². The molecule has 0 radical (unpaired) electrons. The molecule has 1 aliphatic rings. The lowest BCUT2D eigenvalue weighted by Crippen LogP contribution is -1.82. The molecule has 0 unspecified atom stereocenters. The molecule has 0 saturated carbocycles. The standard InChI is InChI=1S/C8H12S/c1-2-9-7-8-5-3-4-6-8/h3-5H,2,6-7H2,1H3. The van der Waals surface area contributed by atoms with E-state index in [-0.39, 0.29) is 0 Å². The van der Waals surface area contributed by atoms with Crippen molar-refractivity contribution in [2.24, 2.45) is 0 Å². The SMILES string of the molecule is CCSCC1=CC=CC1. The molecular formula is C8H12S. The highest BCUT2D eigenvalue weighted by Crippen LogP contribution is 2.15. The van der Waals surface area contributed by atoms with Gasteiger partial charge >= 0.3 is 0 Å². The Morgan fingerprint density at radius 1 is 1.67 bits per heavy atom. The predicted molar refractivity (Wildman–Crippen MR) is 44.8 cm³/mol. The van der Waals surface area contributed by atoms with E-state index >= 15 is 0 Å². The van der Waals surface area contributed by atoms with Crippen molar-refractivity contribution in [3.8, 4) is 0 Å². The van der Waals surface area contributed by atoms with Gasteiger partial charge in [0.05, 0.1) is 0 Å². The van der Waals surface area contributed by atoms with Crippen LogP contribution in [0.15, 0.2) is 23.8 Å². The van der Waals surface area contributed by atoms with Crippen molar-refractivity contribution in [3.05, 3.63) is 23.8 Å². The number of hydrogen-bond donors (Lipinski definition) is 0. The Balaban J connectivity index is 2.14. The molecule has 0 aromatic heterocycles. The molecule has 0 aliphatic heterocycles. The molecule has 0 aromatic rings. The maximum absolute atomic E-state index is 2.22. The molecule has 0 saturated heterocycles. The third-order valence-corrected chi connectivity index (χ3v) is 2.32. The van der Waals surface area contributed by atoms with Crippen LogP contribution in [0.4, 0.5) is 0 Å². The first-order chi connectivity index (χ1) is 4.43. The van der Waals surface area contributed by atoms with Gasteiger partial charge in [-0.1, -0.05) is 30.7 Å². The van der Waals surface area contributed by atoms with E-state index in [0.29, 0.717) is 0 Å². The molecule has 9 heavy (non-hydrogen) atoms. The summed E-state index contributed by atoms with van der Waals surface area (Å²) < 4.78 is 0. The van der Waals surface area contributed by atoms with Gasteiger partial charge in [-0.3, -0.25) is 0 Å². The lowest BCUT2D eigenvalue weighted by molar-refractivity contribution is 1.26. The van der Waals surface area contributed by atoms with Gasteiger partial charge in [-0.05, 0) is 12.2 Å². The van der Waals surface area contributed by atoms with E-state index in [1.54, 1.807) is 5.57 Å². The smallest absolute Gasteiger partial charge is 0.0149 e. The summed E-state index contributed by atoms with van der Waals surface area (Å²) in [6.45, 7) is 2.20. The van der Waals surface area contributed by atoms with Crippen molar-refractivity contribution in [2.45, 2.75) is 13.3 Å². The summed E-state index contributed by atoms with van der Waals surface area (Å²) >= 11 is 2.00. The average Bonchev–Trinajstić information content (AvgIpc) is 2.34. The van der Waals surface area contributed by atoms with Crippen molar-refractivity contribution in [1.82, 2.24) is 0 Å². The van der Waals surface area contributed by atoms with Crippen LogP contribution in [-0.2, 0) is 0 Å². The van der Waals surface area contributed by atoms with Crippen molar-refractivity contribution in [2.75, 3.05) is 11.5 Å². The quantitative estimate of drug-likeness (QED) is 0.580. The minimum Gasteiger partial charge on any atom is -0.158 e. The number of allylic oxidation sites excluding steroid dienone is 3. The predicted octanol–water partition coefficient (Wildman–Crippen LogP) is 2.63. The van der Waals surface area contributed by atoms with E-state index in [9.17, 15) is 0 Å². The summed E-state index contributed by atoms with van der Waals surface area (Å²) in [4.78, 5) is 0. The van der Waals surface area contributed by atoms with E-state index in [4.69, 9.17) is 0 Å². The second kappa shape index (κ2) is 3.78.